The van der Waals surface area contributed by atoms with Crippen molar-refractivity contribution < 1.29 is 15.0 Å². The molecule has 0 bridgehead atoms. The third-order valence-electron chi connectivity index (χ3n) is 5.37. The molecule has 3 nitrogen and oxygen atoms in total. The molecule has 2 N–H and O–H groups in total. The van der Waals surface area contributed by atoms with Crippen LogP contribution in [0.2, 0.25) is 0 Å². The van der Waals surface area contributed by atoms with E-state index >= 15 is 0 Å². The molecule has 0 aromatic carbocycles. The van der Waals surface area contributed by atoms with Crippen molar-refractivity contribution in [1.82, 2.24) is 0 Å². The highest BCUT2D eigenvalue weighted by molar-refractivity contribution is 5.67. The number of aliphatic hydroxyl groups is 1. The Morgan fingerprint density at radius 3 is 1.71 bits per heavy atom. The molecule has 0 aliphatic rings. The summed E-state index contributed by atoms with van der Waals surface area (Å²) in [5, 5.41) is 18.9. The number of rotatable bonds is 15. The molecule has 0 aromatic rings. The van der Waals surface area contributed by atoms with Gasteiger partial charge in [0, 0.05) is 0 Å². The summed E-state index contributed by atoms with van der Waals surface area (Å²) in [7, 11) is 0. The molecular formula is C21H42O3. The van der Waals surface area contributed by atoms with Crippen LogP contribution in [0.3, 0.4) is 0 Å². The fourth-order valence-electron chi connectivity index (χ4n) is 3.14. The Bertz CT molecular complexity index is 334. The summed E-state index contributed by atoms with van der Waals surface area (Å²) >= 11 is 0. The number of carboxylic acids is 1. The van der Waals surface area contributed by atoms with Crippen LogP contribution in [0.25, 0.3) is 0 Å². The second-order valence-corrected chi connectivity index (χ2v) is 9.10. The normalized spacial score (nSPS) is 13.9. The van der Waals surface area contributed by atoms with Crippen LogP contribution in [0.15, 0.2) is 0 Å². The van der Waals surface area contributed by atoms with Crippen molar-refractivity contribution >= 4 is 5.97 Å². The van der Waals surface area contributed by atoms with Crippen LogP contribution in [0.4, 0.5) is 0 Å². The second-order valence-electron chi connectivity index (χ2n) is 9.10. The first kappa shape index (κ1) is 23.4. The van der Waals surface area contributed by atoms with Gasteiger partial charge in [0.1, 0.15) is 0 Å². The fourth-order valence-corrected chi connectivity index (χ4v) is 3.14. The van der Waals surface area contributed by atoms with E-state index in [2.05, 4.69) is 20.8 Å². The maximum Gasteiger partial charge on any atom is 0.303 e. The van der Waals surface area contributed by atoms with Crippen molar-refractivity contribution in [3.05, 3.63) is 0 Å². The molecule has 0 aromatic heterocycles. The van der Waals surface area contributed by atoms with Crippen molar-refractivity contribution in [2.24, 2.45) is 10.8 Å². The zero-order valence-corrected chi connectivity index (χ0v) is 16.9. The molecule has 3 heteroatoms. The van der Waals surface area contributed by atoms with Gasteiger partial charge in [-0.25, -0.2) is 0 Å². The minimum atomic E-state index is -0.710. The lowest BCUT2D eigenvalue weighted by Gasteiger charge is -2.22. The van der Waals surface area contributed by atoms with Gasteiger partial charge in [0.25, 0.3) is 0 Å². The van der Waals surface area contributed by atoms with Gasteiger partial charge in [-0.15, -0.1) is 0 Å². The molecule has 1 unspecified atom stereocenters. The lowest BCUT2D eigenvalue weighted by Crippen LogP contribution is -2.16. The Morgan fingerprint density at radius 2 is 1.29 bits per heavy atom. The number of carboxylic acid groups (broad SMARTS) is 1. The summed E-state index contributed by atoms with van der Waals surface area (Å²) in [6.45, 7) is 11.0. The summed E-state index contributed by atoms with van der Waals surface area (Å²) in [6, 6.07) is 0. The third kappa shape index (κ3) is 13.8. The molecule has 1 atom stereocenters. The summed E-state index contributed by atoms with van der Waals surface area (Å²) in [5.74, 6) is -0.710. The molecule has 0 aliphatic carbocycles. The van der Waals surface area contributed by atoms with E-state index in [1.807, 2.05) is 13.8 Å². The summed E-state index contributed by atoms with van der Waals surface area (Å²) in [5.41, 5.74) is 0.351. The Labute approximate surface area is 150 Å². The van der Waals surface area contributed by atoms with E-state index in [-0.39, 0.29) is 17.9 Å². The maximum absolute atomic E-state index is 10.8. The summed E-state index contributed by atoms with van der Waals surface area (Å²) in [6.07, 6.45) is 12.2. The molecule has 0 saturated heterocycles. The van der Waals surface area contributed by atoms with Gasteiger partial charge >= 0.3 is 5.97 Å². The van der Waals surface area contributed by atoms with Crippen molar-refractivity contribution in [2.75, 3.05) is 0 Å². The van der Waals surface area contributed by atoms with Gasteiger partial charge in [0.15, 0.2) is 0 Å². The van der Waals surface area contributed by atoms with Gasteiger partial charge in [-0.1, -0.05) is 79.6 Å². The highest BCUT2D eigenvalue weighted by Gasteiger charge is 2.21. The Balaban J connectivity index is 3.57. The van der Waals surface area contributed by atoms with Crippen molar-refractivity contribution in [1.29, 1.82) is 0 Å². The summed E-state index contributed by atoms with van der Waals surface area (Å²) in [4.78, 5) is 10.8. The fraction of sp³-hybridized carbons (Fsp3) is 0.952. The van der Waals surface area contributed by atoms with E-state index in [1.165, 1.54) is 25.7 Å². The van der Waals surface area contributed by atoms with E-state index in [0.29, 0.717) is 5.41 Å². The first-order valence-corrected chi connectivity index (χ1v) is 9.98. The lowest BCUT2D eigenvalue weighted by atomic mass is 9.83. The number of carbonyl (C=O) groups is 1. The molecule has 24 heavy (non-hydrogen) atoms. The largest absolute Gasteiger partial charge is 0.481 e. The van der Waals surface area contributed by atoms with Gasteiger partial charge < -0.3 is 10.2 Å². The van der Waals surface area contributed by atoms with E-state index < -0.39 is 5.97 Å². The zero-order chi connectivity index (χ0) is 18.6. The Morgan fingerprint density at radius 1 is 0.833 bits per heavy atom. The van der Waals surface area contributed by atoms with Crippen LogP contribution in [-0.2, 0) is 4.79 Å². The number of aliphatic hydroxyl groups excluding tert-OH is 1. The number of unbranched alkanes of at least 4 members (excludes halogenated alkanes) is 4. The molecule has 0 rings (SSSR count). The van der Waals surface area contributed by atoms with Gasteiger partial charge in [-0.3, -0.25) is 4.79 Å². The SMILES string of the molecule is CCC(C)(C)CCCCCC(O)CCCCCC(C)(C)CC(=O)O. The Kier molecular flexibility index (Phi) is 11.6. The first-order valence-electron chi connectivity index (χ1n) is 9.98. The second kappa shape index (κ2) is 11.9. The van der Waals surface area contributed by atoms with E-state index in [9.17, 15) is 9.90 Å². The summed E-state index contributed by atoms with van der Waals surface area (Å²) < 4.78 is 0. The minimum Gasteiger partial charge on any atom is -0.481 e. The van der Waals surface area contributed by atoms with Crippen molar-refractivity contribution in [3.8, 4) is 0 Å². The number of aliphatic carboxylic acids is 1. The van der Waals surface area contributed by atoms with Crippen molar-refractivity contribution in [2.45, 2.75) is 118 Å². The monoisotopic (exact) mass is 342 g/mol. The molecule has 0 radical (unpaired) electrons. The highest BCUT2D eigenvalue weighted by atomic mass is 16.4. The standard InChI is InChI=1S/C21H42O3/c1-6-20(2,3)15-11-7-9-13-18(22)14-10-8-12-16-21(4,5)17-19(23)24/h18,22H,6-17H2,1-5H3,(H,23,24). The van der Waals surface area contributed by atoms with Crippen LogP contribution in [0.1, 0.15) is 112 Å². The molecule has 0 aliphatic heterocycles. The predicted molar refractivity (Wildman–Crippen MR) is 102 cm³/mol. The van der Waals surface area contributed by atoms with Gasteiger partial charge in [0.2, 0.25) is 0 Å². The predicted octanol–water partition coefficient (Wildman–Crippen LogP) is 6.19. The average Bonchev–Trinajstić information content (AvgIpc) is 2.45. The van der Waals surface area contributed by atoms with E-state index in [4.69, 9.17) is 5.11 Å². The Hall–Kier alpha value is -0.570. The quantitative estimate of drug-likeness (QED) is 0.349. The van der Waals surface area contributed by atoms with Gasteiger partial charge in [0.05, 0.1) is 12.5 Å². The lowest BCUT2D eigenvalue weighted by molar-refractivity contribution is -0.139. The van der Waals surface area contributed by atoms with Crippen LogP contribution < -0.4 is 0 Å². The van der Waals surface area contributed by atoms with E-state index in [0.717, 1.165) is 44.9 Å². The molecule has 0 spiro atoms. The number of hydrogen-bond donors (Lipinski definition) is 2. The van der Waals surface area contributed by atoms with Gasteiger partial charge in [-0.2, -0.15) is 0 Å². The minimum absolute atomic E-state index is 0.114. The van der Waals surface area contributed by atoms with Crippen LogP contribution in [0.5, 0.6) is 0 Å². The topological polar surface area (TPSA) is 57.5 Å². The maximum atomic E-state index is 10.8. The molecule has 0 amide bonds. The number of hydrogen-bond acceptors (Lipinski definition) is 2. The smallest absolute Gasteiger partial charge is 0.303 e. The van der Waals surface area contributed by atoms with E-state index in [1.54, 1.807) is 0 Å². The first-order chi connectivity index (χ1) is 11.1. The molecule has 0 saturated carbocycles. The van der Waals surface area contributed by atoms with Gasteiger partial charge in [-0.05, 0) is 36.5 Å². The molecule has 0 heterocycles. The highest BCUT2D eigenvalue weighted by Crippen LogP contribution is 2.28. The molecule has 144 valence electrons. The van der Waals surface area contributed by atoms with Crippen LogP contribution >= 0.6 is 0 Å². The molecule has 0 fully saturated rings. The third-order valence-corrected chi connectivity index (χ3v) is 5.37. The van der Waals surface area contributed by atoms with Crippen LogP contribution in [-0.4, -0.2) is 22.3 Å². The van der Waals surface area contributed by atoms with Crippen molar-refractivity contribution in [3.63, 3.8) is 0 Å². The average molecular weight is 343 g/mol. The van der Waals surface area contributed by atoms with Crippen LogP contribution in [0, 0.1) is 10.8 Å². The molecular weight excluding hydrogens is 300 g/mol. The zero-order valence-electron chi connectivity index (χ0n) is 16.9.